The van der Waals surface area contributed by atoms with Crippen molar-refractivity contribution in [3.05, 3.63) is 29.6 Å². The Morgan fingerprint density at radius 3 is 2.73 bits per heavy atom. The second kappa shape index (κ2) is 5.86. The summed E-state index contributed by atoms with van der Waals surface area (Å²) < 4.78 is 32.8. The third-order valence-electron chi connectivity index (χ3n) is 4.38. The number of aromatic nitrogens is 4. The summed E-state index contributed by atoms with van der Waals surface area (Å²) in [5.74, 6) is -2.72. The lowest BCUT2D eigenvalue weighted by molar-refractivity contribution is -0.129. The molecule has 1 aliphatic rings. The van der Waals surface area contributed by atoms with Crippen LogP contribution >= 0.6 is 0 Å². The molecule has 0 bridgehead atoms. The summed E-state index contributed by atoms with van der Waals surface area (Å²) in [5.41, 5.74) is 2.55. The van der Waals surface area contributed by atoms with Crippen molar-refractivity contribution in [1.82, 2.24) is 19.7 Å². The molecule has 136 valence electrons. The van der Waals surface area contributed by atoms with Gasteiger partial charge in [0.2, 0.25) is 23.7 Å². The molecule has 0 spiro atoms. The van der Waals surface area contributed by atoms with Crippen LogP contribution in [0.15, 0.2) is 22.7 Å². The van der Waals surface area contributed by atoms with Crippen molar-refractivity contribution in [3.8, 4) is 5.88 Å². The van der Waals surface area contributed by atoms with E-state index in [1.165, 1.54) is 0 Å². The number of carbonyl (C=O) groups is 1. The number of fused-ring (bicyclic) bond motifs is 1. The fourth-order valence-electron chi connectivity index (χ4n) is 3.17. The predicted octanol–water partition coefficient (Wildman–Crippen LogP) is 3.40. The first kappa shape index (κ1) is 16.6. The first-order valence-electron chi connectivity index (χ1n) is 8.28. The van der Waals surface area contributed by atoms with E-state index in [0.29, 0.717) is 22.7 Å². The van der Waals surface area contributed by atoms with Crippen LogP contribution in [0.5, 0.6) is 0 Å². The lowest BCUT2D eigenvalue weighted by Crippen LogP contribution is -2.37. The topological polar surface area (TPSA) is 85.8 Å². The van der Waals surface area contributed by atoms with Crippen LogP contribution in [0.2, 0.25) is 0 Å². The molecule has 7 nitrogen and oxygen atoms in total. The van der Waals surface area contributed by atoms with Gasteiger partial charge in [0.05, 0.1) is 5.69 Å². The van der Waals surface area contributed by atoms with E-state index in [4.69, 9.17) is 4.52 Å². The smallest absolute Gasteiger partial charge is 0.248 e. The maximum Gasteiger partial charge on any atom is 0.248 e. The quantitative estimate of drug-likeness (QED) is 0.770. The maximum absolute atomic E-state index is 13.0. The molecule has 0 saturated heterocycles. The molecule has 4 rings (SSSR count). The summed E-state index contributed by atoms with van der Waals surface area (Å²) >= 11 is 0. The Hall–Kier alpha value is -2.84. The number of carbonyl (C=O) groups excluding carboxylic acids is 1. The zero-order valence-electron chi connectivity index (χ0n) is 14.3. The van der Waals surface area contributed by atoms with Crippen LogP contribution in [0.4, 0.5) is 14.7 Å². The number of aryl methyl sites for hydroxylation is 2. The van der Waals surface area contributed by atoms with Crippen molar-refractivity contribution in [3.63, 3.8) is 0 Å². The summed E-state index contributed by atoms with van der Waals surface area (Å²) in [7, 11) is 0. The molecule has 0 atom stereocenters. The summed E-state index contributed by atoms with van der Waals surface area (Å²) in [4.78, 5) is 21.1. The van der Waals surface area contributed by atoms with Crippen LogP contribution < -0.4 is 5.32 Å². The molecule has 9 heteroatoms. The number of hydrogen-bond acceptors (Lipinski definition) is 5. The monoisotopic (exact) mass is 361 g/mol. The number of nitrogens with one attached hydrogen (secondary N) is 1. The van der Waals surface area contributed by atoms with Gasteiger partial charge in [0.25, 0.3) is 0 Å². The average Bonchev–Trinajstić information content (AvgIpc) is 3.08. The number of amides is 1. The van der Waals surface area contributed by atoms with E-state index >= 15 is 0 Å². The molecule has 3 heterocycles. The number of hydrogen-bond donors (Lipinski definition) is 1. The van der Waals surface area contributed by atoms with Gasteiger partial charge in [-0.2, -0.15) is 0 Å². The molecule has 0 radical (unpaired) electrons. The van der Waals surface area contributed by atoms with Gasteiger partial charge >= 0.3 is 0 Å². The van der Waals surface area contributed by atoms with E-state index in [-0.39, 0.29) is 37.0 Å². The molecule has 0 aliphatic heterocycles. The summed E-state index contributed by atoms with van der Waals surface area (Å²) in [6, 6.07) is 5.31. The van der Waals surface area contributed by atoms with E-state index in [0.717, 1.165) is 5.69 Å². The first-order chi connectivity index (χ1) is 12.3. The van der Waals surface area contributed by atoms with E-state index in [1.54, 1.807) is 23.6 Å². The van der Waals surface area contributed by atoms with E-state index in [9.17, 15) is 13.6 Å². The number of nitrogens with zero attached hydrogens (tertiary/aromatic N) is 4. The average molecular weight is 361 g/mol. The third kappa shape index (κ3) is 3.04. The SMILES string of the molecule is Cc1cc(-n2c(NC(=O)CC3CC(F)(F)C3)nc3ccc(C)nc32)on1. The fraction of sp³-hybridized carbons (Fsp3) is 0.412. The second-order valence-electron chi connectivity index (χ2n) is 6.76. The molecule has 1 amide bonds. The largest absolute Gasteiger partial charge is 0.338 e. The number of pyridine rings is 1. The number of rotatable bonds is 4. The van der Waals surface area contributed by atoms with Crippen LogP contribution in [0.1, 0.15) is 30.7 Å². The Labute approximate surface area is 147 Å². The van der Waals surface area contributed by atoms with E-state index in [1.807, 2.05) is 13.0 Å². The number of imidazole rings is 1. The Morgan fingerprint density at radius 1 is 1.31 bits per heavy atom. The minimum atomic E-state index is -2.64. The van der Waals surface area contributed by atoms with Crippen molar-refractivity contribution in [2.24, 2.45) is 5.92 Å². The van der Waals surface area contributed by atoms with Gasteiger partial charge < -0.3 is 4.52 Å². The van der Waals surface area contributed by atoms with Crippen molar-refractivity contribution in [1.29, 1.82) is 0 Å². The van der Waals surface area contributed by atoms with Crippen molar-refractivity contribution < 1.29 is 18.1 Å². The zero-order chi connectivity index (χ0) is 18.5. The molecule has 1 aliphatic carbocycles. The highest BCUT2D eigenvalue weighted by Gasteiger charge is 2.45. The predicted molar refractivity (Wildman–Crippen MR) is 89.3 cm³/mol. The van der Waals surface area contributed by atoms with E-state index in [2.05, 4.69) is 20.4 Å². The molecule has 1 saturated carbocycles. The molecule has 26 heavy (non-hydrogen) atoms. The van der Waals surface area contributed by atoms with Gasteiger partial charge in [0, 0.05) is 31.0 Å². The molecule has 1 N–H and O–H groups in total. The van der Waals surface area contributed by atoms with Crippen LogP contribution in [0.25, 0.3) is 17.0 Å². The fourth-order valence-corrected chi connectivity index (χ4v) is 3.17. The molecule has 1 fully saturated rings. The van der Waals surface area contributed by atoms with Gasteiger partial charge in [0.15, 0.2) is 5.65 Å². The van der Waals surface area contributed by atoms with Crippen LogP contribution in [-0.4, -0.2) is 31.5 Å². The number of alkyl halides is 2. The van der Waals surface area contributed by atoms with Crippen LogP contribution in [0.3, 0.4) is 0 Å². The number of halogens is 2. The molecule has 0 aromatic carbocycles. The lowest BCUT2D eigenvalue weighted by atomic mass is 9.79. The molecular weight excluding hydrogens is 344 g/mol. The minimum Gasteiger partial charge on any atom is -0.338 e. The van der Waals surface area contributed by atoms with Crippen LogP contribution in [0, 0.1) is 19.8 Å². The van der Waals surface area contributed by atoms with Gasteiger partial charge in [-0.1, -0.05) is 5.16 Å². The zero-order valence-corrected chi connectivity index (χ0v) is 14.3. The highest BCUT2D eigenvalue weighted by Crippen LogP contribution is 2.44. The lowest BCUT2D eigenvalue weighted by Gasteiger charge is -2.34. The summed E-state index contributed by atoms with van der Waals surface area (Å²) in [6.45, 7) is 3.62. The Balaban J connectivity index is 1.65. The summed E-state index contributed by atoms with van der Waals surface area (Å²) in [5, 5.41) is 6.56. The Bertz CT molecular complexity index is 986. The van der Waals surface area contributed by atoms with Gasteiger partial charge in [0.1, 0.15) is 5.52 Å². The van der Waals surface area contributed by atoms with Gasteiger partial charge in [-0.3, -0.25) is 10.1 Å². The highest BCUT2D eigenvalue weighted by atomic mass is 19.3. The summed E-state index contributed by atoms with van der Waals surface area (Å²) in [6.07, 6.45) is -0.474. The normalized spacial score (nSPS) is 16.6. The molecule has 0 unspecified atom stereocenters. The van der Waals surface area contributed by atoms with Crippen molar-refractivity contribution >= 4 is 23.0 Å². The van der Waals surface area contributed by atoms with Crippen LogP contribution in [-0.2, 0) is 4.79 Å². The number of anilines is 1. The standard InChI is InChI=1S/C17H17F2N5O2/c1-9-3-4-12-15(20-9)24(14-5-10(2)23-26-14)16(21-12)22-13(25)6-11-7-17(18,19)8-11/h3-5,11H,6-8H2,1-2H3,(H,21,22,25). The maximum atomic E-state index is 13.0. The molecule has 3 aromatic rings. The van der Waals surface area contributed by atoms with Gasteiger partial charge in [-0.05, 0) is 31.9 Å². The molecular formula is C17H17F2N5O2. The minimum absolute atomic E-state index is 0.0285. The second-order valence-corrected chi connectivity index (χ2v) is 6.76. The molecule has 3 aromatic heterocycles. The van der Waals surface area contributed by atoms with Gasteiger partial charge in [-0.25, -0.2) is 23.3 Å². The van der Waals surface area contributed by atoms with Crippen molar-refractivity contribution in [2.75, 3.05) is 5.32 Å². The Morgan fingerprint density at radius 2 is 2.08 bits per heavy atom. The first-order valence-corrected chi connectivity index (χ1v) is 8.28. The van der Waals surface area contributed by atoms with Crippen molar-refractivity contribution in [2.45, 2.75) is 39.0 Å². The van der Waals surface area contributed by atoms with Gasteiger partial charge in [-0.15, -0.1) is 0 Å². The Kier molecular flexibility index (Phi) is 3.74. The van der Waals surface area contributed by atoms with E-state index < -0.39 is 5.92 Å². The highest BCUT2D eigenvalue weighted by molar-refractivity contribution is 5.91. The third-order valence-corrected chi connectivity index (χ3v) is 4.38.